The monoisotopic (exact) mass is 452 g/mol. The average molecular weight is 453 g/mol. The van der Waals surface area contributed by atoms with Crippen LogP contribution in [0.15, 0.2) is 23.1 Å². The maximum absolute atomic E-state index is 13.1. The summed E-state index contributed by atoms with van der Waals surface area (Å²) in [6, 6.07) is 3.01. The summed E-state index contributed by atoms with van der Waals surface area (Å²) in [6.45, 7) is 6.09. The van der Waals surface area contributed by atoms with Crippen LogP contribution in [0.2, 0.25) is 10.0 Å². The molecule has 1 aromatic rings. The molecule has 1 saturated heterocycles. The fourth-order valence-corrected chi connectivity index (χ4v) is 5.50. The van der Waals surface area contributed by atoms with Crippen molar-refractivity contribution in [2.45, 2.75) is 56.2 Å². The Kier molecular flexibility index (Phi) is 6.25. The number of alkyl carbamates (subject to hydrolysis) is 1. The highest BCUT2D eigenvalue weighted by Gasteiger charge is 2.54. The molecule has 28 heavy (non-hydrogen) atoms. The second-order valence-corrected chi connectivity index (χ2v) is 10.5. The van der Waals surface area contributed by atoms with Crippen molar-refractivity contribution in [1.29, 1.82) is 0 Å². The molecule has 156 valence electrons. The Morgan fingerprint density at radius 1 is 1.25 bits per heavy atom. The van der Waals surface area contributed by atoms with Gasteiger partial charge < -0.3 is 15.2 Å². The number of amides is 1. The second kappa shape index (κ2) is 7.70. The number of hydrogen-bond donors (Lipinski definition) is 2. The molecule has 1 aliphatic heterocycles. The maximum atomic E-state index is 13.1. The number of nitrogens with one attached hydrogen (secondary N) is 1. The molecule has 1 aromatic carbocycles. The summed E-state index contributed by atoms with van der Waals surface area (Å²) in [6.07, 6.45) is -0.884. The minimum Gasteiger partial charge on any atom is -0.480 e. The summed E-state index contributed by atoms with van der Waals surface area (Å²) >= 11 is 11.8. The van der Waals surface area contributed by atoms with E-state index in [0.717, 1.165) is 4.31 Å². The molecule has 1 fully saturated rings. The van der Waals surface area contributed by atoms with E-state index in [2.05, 4.69) is 5.32 Å². The first-order valence-corrected chi connectivity index (χ1v) is 10.6. The van der Waals surface area contributed by atoms with Gasteiger partial charge in [-0.15, -0.1) is 0 Å². The van der Waals surface area contributed by atoms with Gasteiger partial charge in [-0.3, -0.25) is 4.79 Å². The molecule has 2 rings (SSSR count). The number of aliphatic carboxylic acids is 1. The van der Waals surface area contributed by atoms with Gasteiger partial charge in [0.2, 0.25) is 10.0 Å². The standard InChI is InChI=1S/C17H22Cl2N2O6S/c1-16(2,3)27-15(24)20-12-8-17(4,14(22)23)21(9-12)28(25,26)13-6-10(18)5-11(19)7-13/h5-7,12H,8-9H2,1-4H3,(H,20,24)(H,22,23)/t12-,17+/m1/s1. The maximum Gasteiger partial charge on any atom is 0.407 e. The molecule has 0 radical (unpaired) electrons. The highest BCUT2D eigenvalue weighted by atomic mass is 35.5. The highest BCUT2D eigenvalue weighted by molar-refractivity contribution is 7.89. The molecule has 2 atom stereocenters. The van der Waals surface area contributed by atoms with Gasteiger partial charge in [-0.2, -0.15) is 4.31 Å². The molecular weight excluding hydrogens is 431 g/mol. The number of carbonyl (C=O) groups is 2. The number of carbonyl (C=O) groups excluding carboxylic acids is 1. The molecular formula is C17H22Cl2N2O6S. The van der Waals surface area contributed by atoms with Crippen LogP contribution in [0.3, 0.4) is 0 Å². The lowest BCUT2D eigenvalue weighted by atomic mass is 9.99. The summed E-state index contributed by atoms with van der Waals surface area (Å²) in [5.74, 6) is -1.34. The molecule has 2 N–H and O–H groups in total. The average Bonchev–Trinajstić information content (AvgIpc) is 2.82. The van der Waals surface area contributed by atoms with E-state index in [4.69, 9.17) is 27.9 Å². The number of carboxylic acids is 1. The summed E-state index contributed by atoms with van der Waals surface area (Å²) in [5, 5.41) is 12.4. The van der Waals surface area contributed by atoms with Gasteiger partial charge in [0.05, 0.1) is 4.90 Å². The van der Waals surface area contributed by atoms with Gasteiger partial charge in [0.1, 0.15) is 11.1 Å². The number of nitrogens with zero attached hydrogens (tertiary/aromatic N) is 1. The Labute approximate surface area is 173 Å². The van der Waals surface area contributed by atoms with Gasteiger partial charge in [0.15, 0.2) is 0 Å². The molecule has 0 bridgehead atoms. The topological polar surface area (TPSA) is 113 Å². The number of rotatable bonds is 4. The Morgan fingerprint density at radius 2 is 1.79 bits per heavy atom. The minimum atomic E-state index is -4.25. The Hall–Kier alpha value is -1.55. The normalized spacial score (nSPS) is 23.4. The van der Waals surface area contributed by atoms with Crippen molar-refractivity contribution in [1.82, 2.24) is 9.62 Å². The summed E-state index contributed by atoms with van der Waals surface area (Å²) < 4.78 is 32.2. The number of hydrogen-bond acceptors (Lipinski definition) is 5. The van der Waals surface area contributed by atoms with E-state index in [-0.39, 0.29) is 27.9 Å². The zero-order chi connectivity index (χ0) is 21.5. The lowest BCUT2D eigenvalue weighted by molar-refractivity contribution is -0.146. The van der Waals surface area contributed by atoms with Crippen molar-refractivity contribution in [2.24, 2.45) is 0 Å². The van der Waals surface area contributed by atoms with Crippen molar-refractivity contribution < 1.29 is 27.9 Å². The number of ether oxygens (including phenoxy) is 1. The van der Waals surface area contributed by atoms with Gasteiger partial charge in [0, 0.05) is 22.6 Å². The Morgan fingerprint density at radius 3 is 2.25 bits per heavy atom. The molecule has 0 aromatic heterocycles. The van der Waals surface area contributed by atoms with Crippen LogP contribution in [0.25, 0.3) is 0 Å². The van der Waals surface area contributed by atoms with Gasteiger partial charge in [-0.05, 0) is 52.3 Å². The predicted octanol–water partition coefficient (Wildman–Crippen LogP) is 3.12. The SMILES string of the molecule is CC(C)(C)OC(=O)N[C@H]1CN(S(=O)(=O)c2cc(Cl)cc(Cl)c2)[C@](C)(C(=O)O)C1. The summed E-state index contributed by atoms with van der Waals surface area (Å²) in [7, 11) is -4.25. The van der Waals surface area contributed by atoms with Crippen LogP contribution in [-0.4, -0.2) is 53.6 Å². The molecule has 0 saturated carbocycles. The first-order chi connectivity index (χ1) is 12.6. The van der Waals surface area contributed by atoms with Crippen molar-refractivity contribution >= 4 is 45.3 Å². The third kappa shape index (κ3) is 4.89. The van der Waals surface area contributed by atoms with Crippen molar-refractivity contribution in [2.75, 3.05) is 6.54 Å². The van der Waals surface area contributed by atoms with Crippen LogP contribution in [-0.2, 0) is 19.6 Å². The third-order valence-corrected chi connectivity index (χ3v) is 6.59. The van der Waals surface area contributed by atoms with E-state index in [9.17, 15) is 23.1 Å². The van der Waals surface area contributed by atoms with Crippen LogP contribution in [0.5, 0.6) is 0 Å². The smallest absolute Gasteiger partial charge is 0.407 e. The Bertz CT molecular complexity index is 879. The number of carboxylic acid groups (broad SMARTS) is 1. The van der Waals surface area contributed by atoms with Gasteiger partial charge in [0.25, 0.3) is 0 Å². The molecule has 1 amide bonds. The van der Waals surface area contributed by atoms with E-state index in [1.54, 1.807) is 20.8 Å². The fourth-order valence-electron chi connectivity index (χ4n) is 2.98. The summed E-state index contributed by atoms with van der Waals surface area (Å²) in [4.78, 5) is 23.7. The van der Waals surface area contributed by atoms with Crippen molar-refractivity contribution in [3.05, 3.63) is 28.2 Å². The van der Waals surface area contributed by atoms with Crippen LogP contribution < -0.4 is 5.32 Å². The first-order valence-electron chi connectivity index (χ1n) is 8.37. The number of halogens is 2. The lowest BCUT2D eigenvalue weighted by Crippen LogP contribution is -2.50. The van der Waals surface area contributed by atoms with Gasteiger partial charge >= 0.3 is 12.1 Å². The zero-order valence-corrected chi connectivity index (χ0v) is 18.2. The largest absolute Gasteiger partial charge is 0.480 e. The molecule has 0 unspecified atom stereocenters. The molecule has 8 nitrogen and oxygen atoms in total. The third-order valence-electron chi connectivity index (χ3n) is 4.19. The molecule has 0 spiro atoms. The van der Waals surface area contributed by atoms with Gasteiger partial charge in [-0.1, -0.05) is 23.2 Å². The van der Waals surface area contributed by atoms with E-state index >= 15 is 0 Å². The van der Waals surface area contributed by atoms with E-state index < -0.39 is 39.3 Å². The second-order valence-electron chi connectivity index (χ2n) is 7.77. The number of benzene rings is 1. The zero-order valence-electron chi connectivity index (χ0n) is 15.8. The van der Waals surface area contributed by atoms with E-state index in [0.29, 0.717) is 0 Å². The van der Waals surface area contributed by atoms with Crippen LogP contribution in [0, 0.1) is 0 Å². The van der Waals surface area contributed by atoms with Crippen molar-refractivity contribution in [3.8, 4) is 0 Å². The first kappa shape index (κ1) is 22.7. The number of sulfonamides is 1. The molecule has 1 heterocycles. The van der Waals surface area contributed by atoms with Gasteiger partial charge in [-0.25, -0.2) is 13.2 Å². The predicted molar refractivity (Wildman–Crippen MR) is 104 cm³/mol. The lowest BCUT2D eigenvalue weighted by Gasteiger charge is -2.29. The molecule has 0 aliphatic carbocycles. The van der Waals surface area contributed by atoms with Crippen molar-refractivity contribution in [3.63, 3.8) is 0 Å². The van der Waals surface area contributed by atoms with E-state index in [1.807, 2.05) is 0 Å². The fraction of sp³-hybridized carbons (Fsp3) is 0.529. The Balaban J connectivity index is 2.36. The quantitative estimate of drug-likeness (QED) is 0.725. The minimum absolute atomic E-state index is 0.103. The molecule has 1 aliphatic rings. The van der Waals surface area contributed by atoms with Crippen LogP contribution in [0.1, 0.15) is 34.1 Å². The van der Waals surface area contributed by atoms with E-state index in [1.165, 1.54) is 25.1 Å². The summed E-state index contributed by atoms with van der Waals surface area (Å²) in [5.41, 5.74) is -2.52. The highest BCUT2D eigenvalue weighted by Crippen LogP contribution is 2.36. The van der Waals surface area contributed by atoms with Crippen LogP contribution >= 0.6 is 23.2 Å². The van der Waals surface area contributed by atoms with Crippen LogP contribution in [0.4, 0.5) is 4.79 Å². The molecule has 11 heteroatoms.